The predicted octanol–water partition coefficient (Wildman–Crippen LogP) is 5.90. The van der Waals surface area contributed by atoms with Crippen LogP contribution in [-0.2, 0) is 4.79 Å². The third kappa shape index (κ3) is 3.61. The van der Waals surface area contributed by atoms with E-state index in [4.69, 9.17) is 5.11 Å². The molecule has 136 valence electrons. The van der Waals surface area contributed by atoms with E-state index in [-0.39, 0.29) is 18.2 Å². The molecule has 0 spiro atoms. The molecule has 1 atom stereocenters. The van der Waals surface area contributed by atoms with Gasteiger partial charge in [-0.1, -0.05) is 19.4 Å². The lowest BCUT2D eigenvalue weighted by atomic mass is 10.0. The molecule has 13 heteroatoms. The van der Waals surface area contributed by atoms with E-state index < -0.39 is 54.7 Å². The standard InChI is InChI=1S/C11H5BrF8O3S/c12-7-3-5(24(16,17,18,19)20)1-4-2-6(10(21)22)9(11(13,14)15)23-8(4)7/h1-3,9H,(H,21,22)/t9-/m1/s1. The minimum atomic E-state index is -10.1. The molecule has 24 heavy (non-hydrogen) atoms. The Hall–Kier alpha value is -1.50. The van der Waals surface area contributed by atoms with Gasteiger partial charge >= 0.3 is 22.4 Å². The van der Waals surface area contributed by atoms with Crippen molar-refractivity contribution in [3.63, 3.8) is 0 Å². The largest absolute Gasteiger partial charge is 0.478 e. The van der Waals surface area contributed by atoms with Crippen LogP contribution in [0.25, 0.3) is 6.08 Å². The summed E-state index contributed by atoms with van der Waals surface area (Å²) in [5, 5.41) is 8.77. The zero-order valence-electron chi connectivity index (χ0n) is 10.9. The molecule has 0 radical (unpaired) electrons. The first-order valence-electron chi connectivity index (χ1n) is 5.66. The number of hydrogen-bond acceptors (Lipinski definition) is 2. The number of benzene rings is 1. The number of fused-ring (bicyclic) bond motifs is 1. The van der Waals surface area contributed by atoms with Gasteiger partial charge in [0.1, 0.15) is 10.6 Å². The van der Waals surface area contributed by atoms with E-state index in [1.807, 2.05) is 0 Å². The van der Waals surface area contributed by atoms with Crippen molar-refractivity contribution in [2.45, 2.75) is 17.2 Å². The van der Waals surface area contributed by atoms with E-state index in [0.29, 0.717) is 0 Å². The van der Waals surface area contributed by atoms with Gasteiger partial charge in [-0.3, -0.25) is 0 Å². The molecule has 1 aliphatic heterocycles. The second-order valence-corrected chi connectivity index (χ2v) is 8.00. The first kappa shape index (κ1) is 18.8. The van der Waals surface area contributed by atoms with Crippen molar-refractivity contribution < 1.29 is 47.2 Å². The average molecular weight is 449 g/mol. The number of halogens is 9. The highest BCUT2D eigenvalue weighted by atomic mass is 79.9. The Kier molecular flexibility index (Phi) is 3.58. The first-order valence-corrected chi connectivity index (χ1v) is 8.40. The molecule has 1 aromatic carbocycles. The highest BCUT2D eigenvalue weighted by Gasteiger charge is 2.65. The number of aliphatic carboxylic acids is 1. The normalized spacial score (nSPS) is 21.0. The van der Waals surface area contributed by atoms with Gasteiger partial charge in [-0.15, -0.1) is 0 Å². The number of ether oxygens (including phenoxy) is 1. The summed E-state index contributed by atoms with van der Waals surface area (Å²) >= 11 is 2.44. The molecule has 1 N–H and O–H groups in total. The molecule has 2 rings (SSSR count). The molecule has 0 unspecified atom stereocenters. The van der Waals surface area contributed by atoms with Gasteiger partial charge in [0.25, 0.3) is 0 Å². The molecule has 0 saturated heterocycles. The van der Waals surface area contributed by atoms with Gasteiger partial charge in [0.15, 0.2) is 0 Å². The number of alkyl halides is 3. The van der Waals surface area contributed by atoms with Gasteiger partial charge in [0.2, 0.25) is 6.10 Å². The highest BCUT2D eigenvalue weighted by Crippen LogP contribution is 3.02. The Morgan fingerprint density at radius 2 is 1.71 bits per heavy atom. The van der Waals surface area contributed by atoms with Crippen LogP contribution in [0.1, 0.15) is 5.56 Å². The van der Waals surface area contributed by atoms with Crippen molar-refractivity contribution in [2.75, 3.05) is 0 Å². The molecule has 3 nitrogen and oxygen atoms in total. The quantitative estimate of drug-likeness (QED) is 0.573. The summed E-state index contributed by atoms with van der Waals surface area (Å²) in [7, 11) is -10.1. The van der Waals surface area contributed by atoms with Crippen LogP contribution in [0.5, 0.6) is 5.75 Å². The summed E-state index contributed by atoms with van der Waals surface area (Å²) < 4.78 is 106. The topological polar surface area (TPSA) is 46.5 Å². The number of carboxylic acid groups (broad SMARTS) is 1. The maximum atomic E-state index is 12.8. The van der Waals surface area contributed by atoms with E-state index in [2.05, 4.69) is 20.7 Å². The summed E-state index contributed by atoms with van der Waals surface area (Å²) in [6, 6.07) is -0.273. The molecule has 0 amide bonds. The van der Waals surface area contributed by atoms with Gasteiger partial charge in [0.05, 0.1) is 10.0 Å². The predicted molar refractivity (Wildman–Crippen MR) is 71.6 cm³/mol. The van der Waals surface area contributed by atoms with Gasteiger partial charge in [-0.2, -0.15) is 13.2 Å². The van der Waals surface area contributed by atoms with Gasteiger partial charge < -0.3 is 9.84 Å². The van der Waals surface area contributed by atoms with Gasteiger partial charge in [-0.25, -0.2) is 4.79 Å². The van der Waals surface area contributed by atoms with E-state index in [0.717, 1.165) is 0 Å². The van der Waals surface area contributed by atoms with E-state index >= 15 is 0 Å². The van der Waals surface area contributed by atoms with Crippen LogP contribution in [0, 0.1) is 0 Å². The summed E-state index contributed by atoms with van der Waals surface area (Å²) in [6.45, 7) is 0. The molecule has 1 heterocycles. The van der Waals surface area contributed by atoms with E-state index in [9.17, 15) is 37.4 Å². The summed E-state index contributed by atoms with van der Waals surface area (Å²) in [6.07, 6.45) is -7.92. The minimum Gasteiger partial charge on any atom is -0.478 e. The Labute approximate surface area is 136 Å². The van der Waals surface area contributed by atoms with Gasteiger partial charge in [-0.05, 0) is 34.1 Å². The number of carboxylic acids is 1. The van der Waals surface area contributed by atoms with Crippen LogP contribution in [0.4, 0.5) is 32.6 Å². The smallest absolute Gasteiger partial charge is 0.430 e. The fourth-order valence-electron chi connectivity index (χ4n) is 1.88. The third-order valence-corrected chi connectivity index (χ3v) is 4.58. The molecule has 0 aliphatic carbocycles. The average Bonchev–Trinajstić information content (AvgIpc) is 2.33. The summed E-state index contributed by atoms with van der Waals surface area (Å²) in [5.74, 6) is -2.94. The summed E-state index contributed by atoms with van der Waals surface area (Å²) in [5.41, 5.74) is -2.30. The van der Waals surface area contributed by atoms with Crippen molar-refractivity contribution >= 4 is 38.2 Å². The van der Waals surface area contributed by atoms with Crippen LogP contribution in [0.3, 0.4) is 0 Å². The lowest BCUT2D eigenvalue weighted by molar-refractivity contribution is -0.187. The second kappa shape index (κ2) is 4.56. The fraction of sp³-hybridized carbons (Fsp3) is 0.182. The highest BCUT2D eigenvalue weighted by molar-refractivity contribution is 9.10. The molecule has 1 aromatic rings. The van der Waals surface area contributed by atoms with Crippen LogP contribution in [0.2, 0.25) is 0 Å². The van der Waals surface area contributed by atoms with Gasteiger partial charge in [0, 0.05) is 5.56 Å². The Morgan fingerprint density at radius 1 is 1.17 bits per heavy atom. The SMILES string of the molecule is O=C(O)C1=Cc2cc(S(F)(F)(F)(F)F)cc(Br)c2O[C@H]1C(F)(F)F. The number of rotatable bonds is 2. The second-order valence-electron chi connectivity index (χ2n) is 4.74. The van der Waals surface area contributed by atoms with E-state index in [1.54, 1.807) is 0 Å². The lowest BCUT2D eigenvalue weighted by Crippen LogP contribution is -2.40. The Bertz CT molecular complexity index is 768. The fourth-order valence-corrected chi connectivity index (χ4v) is 3.30. The van der Waals surface area contributed by atoms with Crippen molar-refractivity contribution in [1.29, 1.82) is 0 Å². The zero-order chi connectivity index (χ0) is 18.8. The first-order chi connectivity index (χ1) is 10.4. The van der Waals surface area contributed by atoms with Crippen molar-refractivity contribution in [3.8, 4) is 5.75 Å². The number of carbonyl (C=O) groups is 1. The molecule has 1 aliphatic rings. The van der Waals surface area contributed by atoms with Crippen molar-refractivity contribution in [2.24, 2.45) is 0 Å². The maximum Gasteiger partial charge on any atom is 0.430 e. The zero-order valence-corrected chi connectivity index (χ0v) is 13.3. The van der Waals surface area contributed by atoms with Crippen LogP contribution in [0.15, 0.2) is 27.1 Å². The molecule has 0 bridgehead atoms. The Balaban J connectivity index is 2.73. The molecule has 0 fully saturated rings. The monoisotopic (exact) mass is 448 g/mol. The maximum absolute atomic E-state index is 12.8. The van der Waals surface area contributed by atoms with Crippen molar-refractivity contribution in [3.05, 3.63) is 27.7 Å². The lowest BCUT2D eigenvalue weighted by Gasteiger charge is -2.41. The van der Waals surface area contributed by atoms with Crippen LogP contribution in [-0.4, -0.2) is 23.4 Å². The molecule has 0 aromatic heterocycles. The molecule has 0 saturated carbocycles. The van der Waals surface area contributed by atoms with Crippen molar-refractivity contribution in [1.82, 2.24) is 0 Å². The summed E-state index contributed by atoms with van der Waals surface area (Å²) in [4.78, 5) is 8.50. The van der Waals surface area contributed by atoms with Crippen LogP contribution >= 0.6 is 26.2 Å². The molecular formula is C11H5BrF8O3S. The number of hydrogen-bond donors (Lipinski definition) is 1. The Morgan fingerprint density at radius 3 is 2.12 bits per heavy atom. The van der Waals surface area contributed by atoms with Crippen LogP contribution < -0.4 is 4.74 Å². The third-order valence-electron chi connectivity index (χ3n) is 2.86. The van der Waals surface area contributed by atoms with E-state index in [1.165, 1.54) is 0 Å². The molecular weight excluding hydrogens is 444 g/mol. The minimum absolute atomic E-state index is 0.118.